The number of aromatic nitrogens is 3. The van der Waals surface area contributed by atoms with E-state index < -0.39 is 0 Å². The SMILES string of the molecule is Cc1nnc(CN=C(NC2CCCC2)N2CCC(Cc3ccc(F)cc3)C2)n1C. The number of halogens is 1. The van der Waals surface area contributed by atoms with Gasteiger partial charge in [-0.2, -0.15) is 0 Å². The largest absolute Gasteiger partial charge is 0.353 e. The van der Waals surface area contributed by atoms with E-state index in [1.165, 1.54) is 31.2 Å². The molecule has 2 aliphatic rings. The zero-order valence-electron chi connectivity index (χ0n) is 17.4. The molecule has 1 aromatic carbocycles. The van der Waals surface area contributed by atoms with E-state index in [4.69, 9.17) is 4.99 Å². The maximum atomic E-state index is 13.2. The lowest BCUT2D eigenvalue weighted by atomic mass is 9.99. The molecule has 0 radical (unpaired) electrons. The fraction of sp³-hybridized carbons (Fsp3) is 0.591. The molecule has 0 bridgehead atoms. The van der Waals surface area contributed by atoms with E-state index >= 15 is 0 Å². The van der Waals surface area contributed by atoms with E-state index in [9.17, 15) is 4.39 Å². The molecular formula is C22H31FN6. The van der Waals surface area contributed by atoms with Crippen molar-refractivity contribution in [1.82, 2.24) is 25.0 Å². The van der Waals surface area contributed by atoms with Gasteiger partial charge in [0, 0.05) is 26.2 Å². The van der Waals surface area contributed by atoms with Crippen molar-refractivity contribution < 1.29 is 4.39 Å². The van der Waals surface area contributed by atoms with Crippen LogP contribution in [-0.2, 0) is 20.0 Å². The highest BCUT2D eigenvalue weighted by atomic mass is 19.1. The number of rotatable bonds is 5. The average molecular weight is 399 g/mol. The third kappa shape index (κ3) is 4.95. The van der Waals surface area contributed by atoms with Crippen LogP contribution in [0, 0.1) is 18.7 Å². The van der Waals surface area contributed by atoms with Gasteiger partial charge in [0.1, 0.15) is 18.2 Å². The van der Waals surface area contributed by atoms with Gasteiger partial charge in [0.15, 0.2) is 11.8 Å². The monoisotopic (exact) mass is 398 g/mol. The van der Waals surface area contributed by atoms with E-state index in [1.807, 2.05) is 30.7 Å². The quantitative estimate of drug-likeness (QED) is 0.621. The Hall–Kier alpha value is -2.44. The van der Waals surface area contributed by atoms with Crippen molar-refractivity contribution in [3.05, 3.63) is 47.3 Å². The third-order valence-corrected chi connectivity index (χ3v) is 6.26. The number of hydrogen-bond acceptors (Lipinski definition) is 3. The van der Waals surface area contributed by atoms with Crippen molar-refractivity contribution in [2.75, 3.05) is 13.1 Å². The molecule has 2 fully saturated rings. The third-order valence-electron chi connectivity index (χ3n) is 6.26. The van der Waals surface area contributed by atoms with Crippen LogP contribution in [0.25, 0.3) is 0 Å². The summed E-state index contributed by atoms with van der Waals surface area (Å²) in [5.41, 5.74) is 1.20. The maximum Gasteiger partial charge on any atom is 0.194 e. The maximum absolute atomic E-state index is 13.2. The molecule has 6 nitrogen and oxygen atoms in total. The van der Waals surface area contributed by atoms with Crippen LogP contribution in [0.1, 0.15) is 49.3 Å². The van der Waals surface area contributed by atoms with Crippen LogP contribution in [0.2, 0.25) is 0 Å². The topological polar surface area (TPSA) is 58.3 Å². The van der Waals surface area contributed by atoms with Gasteiger partial charge in [-0.1, -0.05) is 25.0 Å². The molecule has 0 amide bonds. The number of nitrogens with one attached hydrogen (secondary N) is 1. The van der Waals surface area contributed by atoms with Gasteiger partial charge < -0.3 is 14.8 Å². The number of nitrogens with zero attached hydrogens (tertiary/aromatic N) is 5. The summed E-state index contributed by atoms with van der Waals surface area (Å²) in [7, 11) is 1.98. The van der Waals surface area contributed by atoms with Gasteiger partial charge in [-0.15, -0.1) is 10.2 Å². The number of hydrogen-bond donors (Lipinski definition) is 1. The zero-order chi connectivity index (χ0) is 20.2. The molecular weight excluding hydrogens is 367 g/mol. The second kappa shape index (κ2) is 8.93. The Morgan fingerprint density at radius 1 is 1.17 bits per heavy atom. The fourth-order valence-corrected chi connectivity index (χ4v) is 4.37. The summed E-state index contributed by atoms with van der Waals surface area (Å²) in [5, 5.41) is 12.1. The predicted molar refractivity (Wildman–Crippen MR) is 112 cm³/mol. The van der Waals surface area contributed by atoms with Crippen molar-refractivity contribution in [2.45, 2.75) is 58.0 Å². The number of benzene rings is 1. The number of aliphatic imine (C=N–C) groups is 1. The van der Waals surface area contributed by atoms with Crippen LogP contribution in [0.4, 0.5) is 4.39 Å². The summed E-state index contributed by atoms with van der Waals surface area (Å²) >= 11 is 0. The summed E-state index contributed by atoms with van der Waals surface area (Å²) in [6.07, 6.45) is 7.13. The molecule has 7 heteroatoms. The fourth-order valence-electron chi connectivity index (χ4n) is 4.37. The normalized spacial score (nSPS) is 20.6. The Balaban J connectivity index is 1.43. The smallest absolute Gasteiger partial charge is 0.194 e. The standard InChI is InChI=1S/C22H31FN6/c1-16-26-27-21(28(16)2)14-24-22(25-20-5-3-4-6-20)29-12-11-18(15-29)13-17-7-9-19(23)10-8-17/h7-10,18,20H,3-6,11-15H2,1-2H3,(H,24,25). The first-order chi connectivity index (χ1) is 14.1. The lowest BCUT2D eigenvalue weighted by Crippen LogP contribution is -2.44. The van der Waals surface area contributed by atoms with E-state index in [2.05, 4.69) is 20.4 Å². The molecule has 4 rings (SSSR count). The molecule has 1 aromatic heterocycles. The average Bonchev–Trinajstić information content (AvgIpc) is 3.45. The first kappa shape index (κ1) is 19.9. The first-order valence-electron chi connectivity index (χ1n) is 10.7. The summed E-state index contributed by atoms with van der Waals surface area (Å²) < 4.78 is 15.2. The van der Waals surface area contributed by atoms with Crippen molar-refractivity contribution in [2.24, 2.45) is 18.0 Å². The molecule has 1 aliphatic carbocycles. The van der Waals surface area contributed by atoms with Crippen molar-refractivity contribution >= 4 is 5.96 Å². The predicted octanol–water partition coefficient (Wildman–Crippen LogP) is 3.22. The van der Waals surface area contributed by atoms with E-state index in [0.29, 0.717) is 18.5 Å². The Bertz CT molecular complexity index is 837. The lowest BCUT2D eigenvalue weighted by Gasteiger charge is -2.25. The number of likely N-dealkylation sites (tertiary alicyclic amines) is 1. The van der Waals surface area contributed by atoms with Crippen molar-refractivity contribution in [3.8, 4) is 0 Å². The molecule has 1 atom stereocenters. The van der Waals surface area contributed by atoms with E-state index in [-0.39, 0.29) is 5.82 Å². The molecule has 1 N–H and O–H groups in total. The Morgan fingerprint density at radius 3 is 2.62 bits per heavy atom. The van der Waals surface area contributed by atoms with Crippen LogP contribution in [0.3, 0.4) is 0 Å². The summed E-state index contributed by atoms with van der Waals surface area (Å²) in [6.45, 7) is 4.47. The first-order valence-corrected chi connectivity index (χ1v) is 10.7. The van der Waals surface area contributed by atoms with Crippen LogP contribution >= 0.6 is 0 Å². The van der Waals surface area contributed by atoms with Crippen LogP contribution < -0.4 is 5.32 Å². The Kier molecular flexibility index (Phi) is 6.11. The summed E-state index contributed by atoms with van der Waals surface area (Å²) in [6, 6.07) is 7.44. The minimum Gasteiger partial charge on any atom is -0.353 e. The van der Waals surface area contributed by atoms with Gasteiger partial charge in [-0.05, 0) is 56.2 Å². The summed E-state index contributed by atoms with van der Waals surface area (Å²) in [5.74, 6) is 3.18. The van der Waals surface area contributed by atoms with Gasteiger partial charge in [-0.3, -0.25) is 0 Å². The van der Waals surface area contributed by atoms with Gasteiger partial charge in [-0.25, -0.2) is 9.38 Å². The molecule has 1 aliphatic heterocycles. The van der Waals surface area contributed by atoms with Crippen LogP contribution in [-0.4, -0.2) is 44.8 Å². The Labute approximate surface area is 172 Å². The highest BCUT2D eigenvalue weighted by Gasteiger charge is 2.27. The molecule has 156 valence electrons. The molecule has 2 heterocycles. The van der Waals surface area contributed by atoms with E-state index in [0.717, 1.165) is 43.5 Å². The van der Waals surface area contributed by atoms with Gasteiger partial charge in [0.05, 0.1) is 0 Å². The minimum atomic E-state index is -0.170. The van der Waals surface area contributed by atoms with Crippen molar-refractivity contribution in [3.63, 3.8) is 0 Å². The van der Waals surface area contributed by atoms with Crippen LogP contribution in [0.15, 0.2) is 29.3 Å². The molecule has 1 unspecified atom stereocenters. The number of guanidine groups is 1. The van der Waals surface area contributed by atoms with Crippen molar-refractivity contribution in [1.29, 1.82) is 0 Å². The summed E-state index contributed by atoms with van der Waals surface area (Å²) in [4.78, 5) is 7.31. The van der Waals surface area contributed by atoms with Gasteiger partial charge in [0.2, 0.25) is 0 Å². The van der Waals surface area contributed by atoms with Gasteiger partial charge >= 0.3 is 0 Å². The molecule has 0 spiro atoms. The highest BCUT2D eigenvalue weighted by molar-refractivity contribution is 5.80. The molecule has 1 saturated heterocycles. The molecule has 1 saturated carbocycles. The minimum absolute atomic E-state index is 0.170. The highest BCUT2D eigenvalue weighted by Crippen LogP contribution is 2.23. The van der Waals surface area contributed by atoms with E-state index in [1.54, 1.807) is 12.1 Å². The lowest BCUT2D eigenvalue weighted by molar-refractivity contribution is 0.444. The molecule has 29 heavy (non-hydrogen) atoms. The van der Waals surface area contributed by atoms with Gasteiger partial charge in [0.25, 0.3) is 0 Å². The molecule has 2 aromatic rings. The second-order valence-electron chi connectivity index (χ2n) is 8.42. The van der Waals surface area contributed by atoms with Crippen LogP contribution in [0.5, 0.6) is 0 Å². The second-order valence-corrected chi connectivity index (χ2v) is 8.42. The zero-order valence-corrected chi connectivity index (χ0v) is 17.4. The Morgan fingerprint density at radius 2 is 1.93 bits per heavy atom. The number of aryl methyl sites for hydroxylation is 1.